The SMILES string of the molecule is NC(=O)CSc1ccccc1NC(=O)OCCO. The van der Waals surface area contributed by atoms with Crippen LogP contribution in [0.15, 0.2) is 29.2 Å². The van der Waals surface area contributed by atoms with Crippen LogP contribution in [0.5, 0.6) is 0 Å². The van der Waals surface area contributed by atoms with Crippen LogP contribution in [0, 0.1) is 0 Å². The first-order chi connectivity index (χ1) is 8.63. The fourth-order valence-corrected chi connectivity index (χ4v) is 1.88. The first-order valence-electron chi connectivity index (χ1n) is 5.18. The van der Waals surface area contributed by atoms with Crippen LogP contribution in [0.3, 0.4) is 0 Å². The zero-order chi connectivity index (χ0) is 13.4. The first-order valence-corrected chi connectivity index (χ1v) is 6.17. The molecule has 0 heterocycles. The van der Waals surface area contributed by atoms with Gasteiger partial charge in [-0.25, -0.2) is 4.79 Å². The van der Waals surface area contributed by atoms with Gasteiger partial charge in [-0.3, -0.25) is 10.1 Å². The normalized spacial score (nSPS) is 9.83. The van der Waals surface area contributed by atoms with Crippen molar-refractivity contribution < 1.29 is 19.4 Å². The Morgan fingerprint density at radius 3 is 2.78 bits per heavy atom. The van der Waals surface area contributed by atoms with E-state index < -0.39 is 12.0 Å². The molecule has 0 aliphatic heterocycles. The van der Waals surface area contributed by atoms with Crippen molar-refractivity contribution in [1.82, 2.24) is 0 Å². The van der Waals surface area contributed by atoms with Crippen LogP contribution in [0.2, 0.25) is 0 Å². The molecule has 0 unspecified atom stereocenters. The zero-order valence-corrected chi connectivity index (χ0v) is 10.4. The third kappa shape index (κ3) is 5.07. The molecule has 98 valence electrons. The third-order valence-electron chi connectivity index (χ3n) is 1.82. The molecular weight excluding hydrogens is 256 g/mol. The summed E-state index contributed by atoms with van der Waals surface area (Å²) in [5.74, 6) is -0.303. The van der Waals surface area contributed by atoms with E-state index in [1.54, 1.807) is 24.3 Å². The van der Waals surface area contributed by atoms with E-state index in [4.69, 9.17) is 10.8 Å². The topological polar surface area (TPSA) is 102 Å². The molecule has 7 heteroatoms. The summed E-state index contributed by atoms with van der Waals surface area (Å²) in [5.41, 5.74) is 5.59. The average molecular weight is 270 g/mol. The van der Waals surface area contributed by atoms with E-state index in [0.29, 0.717) is 5.69 Å². The average Bonchev–Trinajstić information content (AvgIpc) is 2.35. The number of para-hydroxylation sites is 1. The van der Waals surface area contributed by atoms with Crippen molar-refractivity contribution in [2.45, 2.75) is 4.90 Å². The molecule has 0 fully saturated rings. The van der Waals surface area contributed by atoms with Gasteiger partial charge in [0.15, 0.2) is 0 Å². The molecule has 0 saturated carbocycles. The molecule has 18 heavy (non-hydrogen) atoms. The van der Waals surface area contributed by atoms with Gasteiger partial charge in [0.05, 0.1) is 18.0 Å². The molecule has 1 aromatic rings. The van der Waals surface area contributed by atoms with E-state index in [0.717, 1.165) is 4.90 Å². The monoisotopic (exact) mass is 270 g/mol. The second-order valence-electron chi connectivity index (χ2n) is 3.24. The highest BCUT2D eigenvalue weighted by atomic mass is 32.2. The lowest BCUT2D eigenvalue weighted by molar-refractivity contribution is -0.115. The summed E-state index contributed by atoms with van der Waals surface area (Å²) in [4.78, 5) is 22.7. The van der Waals surface area contributed by atoms with Crippen LogP contribution in [0.25, 0.3) is 0 Å². The van der Waals surface area contributed by atoms with Gasteiger partial charge in [-0.05, 0) is 12.1 Å². The lowest BCUT2D eigenvalue weighted by Gasteiger charge is -2.09. The Morgan fingerprint density at radius 1 is 1.39 bits per heavy atom. The van der Waals surface area contributed by atoms with E-state index in [1.165, 1.54) is 11.8 Å². The third-order valence-corrected chi connectivity index (χ3v) is 2.91. The van der Waals surface area contributed by atoms with Crippen LogP contribution in [0.4, 0.5) is 10.5 Å². The lowest BCUT2D eigenvalue weighted by Crippen LogP contribution is -2.17. The first kappa shape index (κ1) is 14.3. The molecular formula is C11H14N2O4S. The summed E-state index contributed by atoms with van der Waals surface area (Å²) in [5, 5.41) is 11.0. The van der Waals surface area contributed by atoms with Crippen LogP contribution >= 0.6 is 11.8 Å². The summed E-state index contributed by atoms with van der Waals surface area (Å²) >= 11 is 1.23. The molecule has 4 N–H and O–H groups in total. The summed E-state index contributed by atoms with van der Waals surface area (Å²) in [6.45, 7) is -0.298. The molecule has 0 atom stereocenters. The Morgan fingerprint density at radius 2 is 2.11 bits per heavy atom. The number of carbonyl (C=O) groups excluding carboxylic acids is 2. The van der Waals surface area contributed by atoms with Crippen molar-refractivity contribution in [3.63, 3.8) is 0 Å². The number of aliphatic hydroxyl groups excluding tert-OH is 1. The highest BCUT2D eigenvalue weighted by Crippen LogP contribution is 2.26. The molecule has 0 spiro atoms. The van der Waals surface area contributed by atoms with Gasteiger partial charge in [0.25, 0.3) is 0 Å². The summed E-state index contributed by atoms with van der Waals surface area (Å²) < 4.78 is 4.67. The van der Waals surface area contributed by atoms with Gasteiger partial charge in [-0.15, -0.1) is 11.8 Å². The second kappa shape index (κ2) is 7.57. The Hall–Kier alpha value is -1.73. The Bertz CT molecular complexity index is 425. The zero-order valence-electron chi connectivity index (χ0n) is 9.59. The quantitative estimate of drug-likeness (QED) is 0.664. The van der Waals surface area contributed by atoms with Crippen LogP contribution in [0.1, 0.15) is 0 Å². The fourth-order valence-electron chi connectivity index (χ4n) is 1.13. The number of carbonyl (C=O) groups is 2. The molecule has 0 aromatic heterocycles. The maximum absolute atomic E-state index is 11.3. The highest BCUT2D eigenvalue weighted by Gasteiger charge is 2.08. The predicted molar refractivity (Wildman–Crippen MR) is 68.4 cm³/mol. The van der Waals surface area contributed by atoms with Gasteiger partial charge in [-0.2, -0.15) is 0 Å². The smallest absolute Gasteiger partial charge is 0.411 e. The largest absolute Gasteiger partial charge is 0.447 e. The van der Waals surface area contributed by atoms with E-state index >= 15 is 0 Å². The van der Waals surface area contributed by atoms with Crippen LogP contribution in [-0.4, -0.2) is 36.1 Å². The van der Waals surface area contributed by atoms with Gasteiger partial charge in [0, 0.05) is 4.90 Å². The number of primary amides is 1. The molecule has 0 saturated heterocycles. The van der Waals surface area contributed by atoms with E-state index in [2.05, 4.69) is 10.1 Å². The minimum Gasteiger partial charge on any atom is -0.447 e. The number of anilines is 1. The van der Waals surface area contributed by atoms with Crippen molar-refractivity contribution in [2.24, 2.45) is 5.73 Å². The minimum atomic E-state index is -0.656. The Labute approximate surface area is 108 Å². The molecule has 1 aromatic carbocycles. The van der Waals surface area contributed by atoms with E-state index in [9.17, 15) is 9.59 Å². The molecule has 0 bridgehead atoms. The predicted octanol–water partition coefficient (Wildman–Crippen LogP) is 0.805. The number of aliphatic hydroxyl groups is 1. The van der Waals surface area contributed by atoms with Gasteiger partial charge in [0.2, 0.25) is 5.91 Å². The number of rotatable bonds is 6. The number of amides is 2. The molecule has 6 nitrogen and oxygen atoms in total. The van der Waals surface area contributed by atoms with Crippen LogP contribution in [-0.2, 0) is 9.53 Å². The summed E-state index contributed by atoms with van der Waals surface area (Å²) in [7, 11) is 0. The number of ether oxygens (including phenoxy) is 1. The van der Waals surface area contributed by atoms with Crippen molar-refractivity contribution in [3.8, 4) is 0 Å². The molecule has 0 aliphatic carbocycles. The van der Waals surface area contributed by atoms with Crippen molar-refractivity contribution >= 4 is 29.4 Å². The summed E-state index contributed by atoms with van der Waals surface area (Å²) in [6, 6.07) is 6.97. The molecule has 1 rings (SSSR count). The lowest BCUT2D eigenvalue weighted by atomic mass is 10.3. The van der Waals surface area contributed by atoms with E-state index in [-0.39, 0.29) is 19.0 Å². The number of benzene rings is 1. The van der Waals surface area contributed by atoms with Gasteiger partial charge in [-0.1, -0.05) is 12.1 Å². The Kier molecular flexibility index (Phi) is 6.03. The number of hydrogen-bond acceptors (Lipinski definition) is 5. The number of hydrogen-bond donors (Lipinski definition) is 3. The number of thioether (sulfide) groups is 1. The number of nitrogens with one attached hydrogen (secondary N) is 1. The standard InChI is InChI=1S/C11H14N2O4S/c12-10(15)7-18-9-4-2-1-3-8(9)13-11(16)17-6-5-14/h1-4,14H,5-7H2,(H2,12,15)(H,13,16). The van der Waals surface area contributed by atoms with Crippen LogP contribution < -0.4 is 11.1 Å². The second-order valence-corrected chi connectivity index (χ2v) is 4.25. The Balaban J connectivity index is 2.63. The van der Waals surface area contributed by atoms with Crippen molar-refractivity contribution in [3.05, 3.63) is 24.3 Å². The van der Waals surface area contributed by atoms with Gasteiger partial charge >= 0.3 is 6.09 Å². The van der Waals surface area contributed by atoms with Crippen molar-refractivity contribution in [1.29, 1.82) is 0 Å². The number of nitrogens with two attached hydrogens (primary N) is 1. The maximum atomic E-state index is 11.3. The van der Waals surface area contributed by atoms with Crippen molar-refractivity contribution in [2.75, 3.05) is 24.3 Å². The van der Waals surface area contributed by atoms with Gasteiger partial charge in [0.1, 0.15) is 6.61 Å². The molecule has 0 radical (unpaired) electrons. The fraction of sp³-hybridized carbons (Fsp3) is 0.273. The maximum Gasteiger partial charge on any atom is 0.411 e. The molecule has 2 amide bonds. The van der Waals surface area contributed by atoms with E-state index in [1.807, 2.05) is 0 Å². The highest BCUT2D eigenvalue weighted by molar-refractivity contribution is 8.00. The minimum absolute atomic E-state index is 0.0670. The van der Waals surface area contributed by atoms with Gasteiger partial charge < -0.3 is 15.6 Å². The summed E-state index contributed by atoms with van der Waals surface area (Å²) in [6.07, 6.45) is -0.656. The molecule has 0 aliphatic rings.